The van der Waals surface area contributed by atoms with Crippen molar-refractivity contribution in [1.82, 2.24) is 5.32 Å². The Labute approximate surface area is 170 Å². The van der Waals surface area contributed by atoms with Gasteiger partial charge in [-0.3, -0.25) is 0 Å². The lowest BCUT2D eigenvalue weighted by Crippen LogP contribution is -2.42. The Bertz CT molecular complexity index is 755. The summed E-state index contributed by atoms with van der Waals surface area (Å²) in [4.78, 5) is 24.6. The molecule has 2 aromatic carbocycles. The fourth-order valence-electron chi connectivity index (χ4n) is 2.51. The summed E-state index contributed by atoms with van der Waals surface area (Å²) >= 11 is 6.05. The molecule has 0 aliphatic heterocycles. The van der Waals surface area contributed by atoms with Gasteiger partial charge in [-0.2, -0.15) is 0 Å². The maximum absolute atomic E-state index is 12.4. The first-order chi connectivity index (χ1) is 13.6. The Kier molecular flexibility index (Phi) is 9.31. The van der Waals surface area contributed by atoms with Gasteiger partial charge < -0.3 is 20.5 Å². The smallest absolute Gasteiger partial charge is 0.408 e. The van der Waals surface area contributed by atoms with E-state index in [0.717, 1.165) is 12.0 Å². The van der Waals surface area contributed by atoms with Gasteiger partial charge in [0.25, 0.3) is 0 Å². The summed E-state index contributed by atoms with van der Waals surface area (Å²) in [7, 11) is 0. The van der Waals surface area contributed by atoms with Crippen molar-refractivity contribution in [3.63, 3.8) is 0 Å². The van der Waals surface area contributed by atoms with Crippen molar-refractivity contribution < 1.29 is 19.1 Å². The number of unbranched alkanes of at least 4 members (excludes halogenated alkanes) is 1. The first kappa shape index (κ1) is 21.7. The Morgan fingerprint density at radius 1 is 0.964 bits per heavy atom. The molecule has 0 heterocycles. The van der Waals surface area contributed by atoms with Crippen LogP contribution in [0.3, 0.4) is 0 Å². The topological polar surface area (TPSA) is 90.6 Å². The van der Waals surface area contributed by atoms with Crippen LogP contribution in [0.25, 0.3) is 0 Å². The maximum Gasteiger partial charge on any atom is 0.408 e. The van der Waals surface area contributed by atoms with Crippen LogP contribution in [0.4, 0.5) is 4.79 Å². The van der Waals surface area contributed by atoms with Gasteiger partial charge in [-0.1, -0.05) is 60.1 Å². The fourth-order valence-corrected chi connectivity index (χ4v) is 2.70. The highest BCUT2D eigenvalue weighted by molar-refractivity contribution is 6.31. The maximum atomic E-state index is 12.4. The van der Waals surface area contributed by atoms with E-state index in [4.69, 9.17) is 26.8 Å². The molecule has 0 bridgehead atoms. The van der Waals surface area contributed by atoms with Crippen molar-refractivity contribution >= 4 is 23.7 Å². The van der Waals surface area contributed by atoms with Crippen molar-refractivity contribution in [3.8, 4) is 0 Å². The normalized spacial score (nSPS) is 11.5. The lowest BCUT2D eigenvalue weighted by Gasteiger charge is -2.18. The second kappa shape index (κ2) is 12.0. The summed E-state index contributed by atoms with van der Waals surface area (Å²) < 4.78 is 10.5. The summed E-state index contributed by atoms with van der Waals surface area (Å²) in [5.74, 6) is -0.504. The van der Waals surface area contributed by atoms with Crippen molar-refractivity contribution in [2.75, 3.05) is 6.54 Å². The van der Waals surface area contributed by atoms with Crippen LogP contribution >= 0.6 is 11.6 Å². The highest BCUT2D eigenvalue weighted by atomic mass is 35.5. The van der Waals surface area contributed by atoms with Gasteiger partial charge in [0.05, 0.1) is 0 Å². The first-order valence-corrected chi connectivity index (χ1v) is 9.55. The second-order valence-electron chi connectivity index (χ2n) is 6.24. The quantitative estimate of drug-likeness (QED) is 0.464. The van der Waals surface area contributed by atoms with Crippen molar-refractivity contribution in [3.05, 3.63) is 70.7 Å². The molecule has 1 amide bonds. The molecular formula is C21H25ClN2O4. The fraction of sp³-hybridized carbons (Fsp3) is 0.333. The van der Waals surface area contributed by atoms with E-state index in [1.165, 1.54) is 0 Å². The van der Waals surface area contributed by atoms with E-state index in [-0.39, 0.29) is 13.2 Å². The van der Waals surface area contributed by atoms with E-state index in [9.17, 15) is 9.59 Å². The van der Waals surface area contributed by atoms with Gasteiger partial charge in [0.2, 0.25) is 0 Å². The molecule has 2 aromatic rings. The number of hydrogen-bond donors (Lipinski definition) is 2. The number of nitrogens with two attached hydrogens (primary N) is 1. The summed E-state index contributed by atoms with van der Waals surface area (Å²) in [6.45, 7) is 0.673. The zero-order valence-electron chi connectivity index (χ0n) is 15.6. The molecule has 1 atom stereocenters. The molecule has 0 saturated heterocycles. The molecule has 0 unspecified atom stereocenters. The zero-order chi connectivity index (χ0) is 20.2. The minimum absolute atomic E-state index is 0.0140. The van der Waals surface area contributed by atoms with Crippen LogP contribution in [0, 0.1) is 0 Å². The molecule has 7 heteroatoms. The third-order valence-electron chi connectivity index (χ3n) is 4.06. The van der Waals surface area contributed by atoms with Gasteiger partial charge in [0.15, 0.2) is 0 Å². The van der Waals surface area contributed by atoms with Crippen molar-refractivity contribution in [2.24, 2.45) is 5.73 Å². The van der Waals surface area contributed by atoms with Crippen LogP contribution in [0.5, 0.6) is 0 Å². The number of benzene rings is 2. The number of halogens is 1. The van der Waals surface area contributed by atoms with Crippen molar-refractivity contribution in [1.29, 1.82) is 0 Å². The Balaban J connectivity index is 1.88. The SMILES string of the molecule is NCCCC[C@H](NC(=O)OCc1ccccc1Cl)C(=O)OCc1ccccc1. The Morgan fingerprint density at radius 3 is 2.39 bits per heavy atom. The number of esters is 1. The van der Waals surface area contributed by atoms with Gasteiger partial charge in [-0.05, 0) is 37.4 Å². The monoisotopic (exact) mass is 404 g/mol. The second-order valence-corrected chi connectivity index (χ2v) is 6.65. The summed E-state index contributed by atoms with van der Waals surface area (Å²) in [5, 5.41) is 3.09. The Hall–Kier alpha value is -2.57. The average Bonchev–Trinajstić information content (AvgIpc) is 2.71. The van der Waals surface area contributed by atoms with Crippen LogP contribution in [-0.2, 0) is 27.5 Å². The van der Waals surface area contributed by atoms with Crippen LogP contribution in [-0.4, -0.2) is 24.6 Å². The number of amides is 1. The predicted molar refractivity (Wildman–Crippen MR) is 108 cm³/mol. The molecule has 0 aromatic heterocycles. The largest absolute Gasteiger partial charge is 0.459 e. The molecule has 0 aliphatic rings. The lowest BCUT2D eigenvalue weighted by molar-refractivity contribution is -0.147. The number of alkyl carbamates (subject to hydrolysis) is 1. The zero-order valence-corrected chi connectivity index (χ0v) is 16.4. The molecular weight excluding hydrogens is 380 g/mol. The summed E-state index contributed by atoms with van der Waals surface area (Å²) in [6, 6.07) is 15.6. The van der Waals surface area contributed by atoms with Gasteiger partial charge in [0, 0.05) is 10.6 Å². The highest BCUT2D eigenvalue weighted by Gasteiger charge is 2.23. The summed E-state index contributed by atoms with van der Waals surface area (Å²) in [5.41, 5.74) is 7.07. The van der Waals surface area contributed by atoms with E-state index in [1.54, 1.807) is 24.3 Å². The van der Waals surface area contributed by atoms with Gasteiger partial charge in [0.1, 0.15) is 19.3 Å². The van der Waals surface area contributed by atoms with Crippen LogP contribution < -0.4 is 11.1 Å². The summed E-state index contributed by atoms with van der Waals surface area (Å²) in [6.07, 6.45) is 1.16. The molecule has 0 radical (unpaired) electrons. The number of rotatable bonds is 10. The minimum atomic E-state index is -0.797. The van der Waals surface area contributed by atoms with E-state index in [0.29, 0.717) is 30.0 Å². The number of carbonyl (C=O) groups excluding carboxylic acids is 2. The molecule has 0 aliphatic carbocycles. The van der Waals surface area contributed by atoms with Gasteiger partial charge >= 0.3 is 12.1 Å². The van der Waals surface area contributed by atoms with Crippen molar-refractivity contribution in [2.45, 2.75) is 38.5 Å². The van der Waals surface area contributed by atoms with E-state index < -0.39 is 18.1 Å². The predicted octanol–water partition coefficient (Wildman–Crippen LogP) is 3.81. The molecule has 3 N–H and O–H groups in total. The Morgan fingerprint density at radius 2 is 1.68 bits per heavy atom. The number of nitrogens with one attached hydrogen (secondary N) is 1. The van der Waals surface area contributed by atoms with Gasteiger partial charge in [-0.15, -0.1) is 0 Å². The molecule has 28 heavy (non-hydrogen) atoms. The molecule has 0 fully saturated rings. The van der Waals surface area contributed by atoms with Crippen LogP contribution in [0.15, 0.2) is 54.6 Å². The first-order valence-electron chi connectivity index (χ1n) is 9.17. The van der Waals surface area contributed by atoms with Gasteiger partial charge in [-0.25, -0.2) is 9.59 Å². The molecule has 2 rings (SSSR count). The minimum Gasteiger partial charge on any atom is -0.459 e. The molecule has 0 spiro atoms. The molecule has 6 nitrogen and oxygen atoms in total. The molecule has 150 valence electrons. The number of hydrogen-bond acceptors (Lipinski definition) is 5. The van der Waals surface area contributed by atoms with Crippen LogP contribution in [0.2, 0.25) is 5.02 Å². The highest BCUT2D eigenvalue weighted by Crippen LogP contribution is 2.16. The van der Waals surface area contributed by atoms with E-state index in [2.05, 4.69) is 5.32 Å². The molecule has 0 saturated carbocycles. The van der Waals surface area contributed by atoms with E-state index >= 15 is 0 Å². The number of ether oxygens (including phenoxy) is 2. The van der Waals surface area contributed by atoms with E-state index in [1.807, 2.05) is 30.3 Å². The number of carbonyl (C=O) groups is 2. The standard InChI is InChI=1S/C21H25ClN2O4/c22-18-11-5-4-10-17(18)15-28-21(26)24-19(12-6-7-13-23)20(25)27-14-16-8-2-1-3-9-16/h1-5,8-11,19H,6-7,12-15,23H2,(H,24,26)/t19-/m0/s1. The lowest BCUT2D eigenvalue weighted by atomic mass is 10.1. The average molecular weight is 405 g/mol. The van der Waals surface area contributed by atoms with Crippen LogP contribution in [0.1, 0.15) is 30.4 Å². The third kappa shape index (κ3) is 7.58. The third-order valence-corrected chi connectivity index (χ3v) is 4.43.